The molecule has 0 fully saturated rings. The van der Waals surface area contributed by atoms with Crippen LogP contribution in [0.3, 0.4) is 0 Å². The fraction of sp³-hybridized carbons (Fsp3) is 0.258. The van der Waals surface area contributed by atoms with Gasteiger partial charge in [0.1, 0.15) is 23.8 Å². The Bertz CT molecular complexity index is 2090. The first kappa shape index (κ1) is 30.5. The Morgan fingerprint density at radius 2 is 1.80 bits per heavy atom. The van der Waals surface area contributed by atoms with Gasteiger partial charge in [0.05, 0.1) is 41.1 Å². The molecule has 14 heteroatoms. The van der Waals surface area contributed by atoms with Gasteiger partial charge >= 0.3 is 6.18 Å². The van der Waals surface area contributed by atoms with Gasteiger partial charge in [0, 0.05) is 44.0 Å². The van der Waals surface area contributed by atoms with Gasteiger partial charge in [-0.1, -0.05) is 18.2 Å². The Labute approximate surface area is 257 Å². The Balaban J connectivity index is 1.71. The molecule has 0 amide bonds. The SMILES string of the molecule is C=C1NC(c2cc(F)ccc2Cl)c2c(Nc3cnnc4c(C(F)(F)F)cc(F)cc34)cc3c(c21)n(C(C)(C)C)c(=N)n3CCF. The lowest BCUT2D eigenvalue weighted by Gasteiger charge is -2.24. The number of rotatable bonds is 5. The highest BCUT2D eigenvalue weighted by molar-refractivity contribution is 6.31. The zero-order valence-corrected chi connectivity index (χ0v) is 24.9. The average Bonchev–Trinajstić information content (AvgIpc) is 3.43. The molecular weight excluding hydrogens is 620 g/mol. The third-order valence-corrected chi connectivity index (χ3v) is 8.09. The van der Waals surface area contributed by atoms with Crippen molar-refractivity contribution in [2.75, 3.05) is 12.0 Å². The van der Waals surface area contributed by atoms with E-state index < -0.39 is 47.1 Å². The van der Waals surface area contributed by atoms with Gasteiger partial charge in [-0.15, -0.1) is 5.10 Å². The predicted octanol–water partition coefficient (Wildman–Crippen LogP) is 7.95. The number of anilines is 2. The van der Waals surface area contributed by atoms with E-state index in [4.69, 9.17) is 17.0 Å². The summed E-state index contributed by atoms with van der Waals surface area (Å²) in [7, 11) is 0. The van der Waals surface area contributed by atoms with Gasteiger partial charge in [0.2, 0.25) is 5.62 Å². The van der Waals surface area contributed by atoms with Gasteiger partial charge in [0.15, 0.2) is 0 Å². The molecule has 0 aliphatic carbocycles. The molecule has 1 unspecified atom stereocenters. The number of nitrogens with one attached hydrogen (secondary N) is 3. The van der Waals surface area contributed by atoms with E-state index in [2.05, 4.69) is 27.4 Å². The second-order valence-electron chi connectivity index (χ2n) is 11.7. The monoisotopic (exact) mass is 645 g/mol. The van der Waals surface area contributed by atoms with Crippen molar-refractivity contribution in [1.82, 2.24) is 24.6 Å². The van der Waals surface area contributed by atoms with E-state index in [1.807, 2.05) is 20.8 Å². The smallest absolute Gasteiger partial charge is 0.374 e. The molecule has 6 rings (SSSR count). The Hall–Kier alpha value is -4.52. The highest BCUT2D eigenvalue weighted by Gasteiger charge is 2.37. The molecule has 1 atom stereocenters. The number of fused-ring (bicyclic) bond motifs is 4. The van der Waals surface area contributed by atoms with E-state index in [9.17, 15) is 26.3 Å². The first-order chi connectivity index (χ1) is 21.1. The minimum absolute atomic E-state index is 0.00227. The normalized spacial score (nSPS) is 15.2. The van der Waals surface area contributed by atoms with E-state index >= 15 is 0 Å². The first-order valence-corrected chi connectivity index (χ1v) is 14.1. The maximum absolute atomic E-state index is 14.6. The number of nitrogens with zero attached hydrogens (tertiary/aromatic N) is 4. The molecule has 0 radical (unpaired) electrons. The molecule has 0 bridgehead atoms. The molecule has 0 saturated heterocycles. The molecule has 5 aromatic rings. The zero-order valence-electron chi connectivity index (χ0n) is 24.2. The summed E-state index contributed by atoms with van der Waals surface area (Å²) in [4.78, 5) is 0. The number of hydrogen-bond acceptors (Lipinski definition) is 5. The molecule has 0 saturated carbocycles. The molecule has 3 N–H and O–H groups in total. The largest absolute Gasteiger partial charge is 0.418 e. The highest BCUT2D eigenvalue weighted by Crippen LogP contribution is 2.48. The molecule has 0 spiro atoms. The zero-order chi connectivity index (χ0) is 32.6. The topological polar surface area (TPSA) is 83.6 Å². The Morgan fingerprint density at radius 1 is 1.07 bits per heavy atom. The summed E-state index contributed by atoms with van der Waals surface area (Å²) in [5.41, 5.74) is 0.436. The summed E-state index contributed by atoms with van der Waals surface area (Å²) in [5, 5.41) is 22.8. The van der Waals surface area contributed by atoms with Crippen molar-refractivity contribution in [2.45, 2.75) is 45.1 Å². The number of hydrogen-bond donors (Lipinski definition) is 3. The first-order valence-electron chi connectivity index (χ1n) is 13.7. The molecule has 2 aromatic heterocycles. The number of alkyl halides is 4. The van der Waals surface area contributed by atoms with Crippen LogP contribution in [0.25, 0.3) is 27.6 Å². The molecular formula is C31H26ClF6N7. The minimum Gasteiger partial charge on any atom is -0.374 e. The lowest BCUT2D eigenvalue weighted by Crippen LogP contribution is -2.35. The number of halogens is 7. The van der Waals surface area contributed by atoms with Crippen LogP contribution in [-0.2, 0) is 18.3 Å². The van der Waals surface area contributed by atoms with Crippen LogP contribution in [0.15, 0.2) is 49.2 Å². The minimum atomic E-state index is -4.91. The summed E-state index contributed by atoms with van der Waals surface area (Å²) in [6.07, 6.45) is -3.75. The molecule has 7 nitrogen and oxygen atoms in total. The van der Waals surface area contributed by atoms with E-state index in [1.54, 1.807) is 10.6 Å². The van der Waals surface area contributed by atoms with Crippen LogP contribution in [-0.4, -0.2) is 26.0 Å². The standard InChI is InChI=1S/C31H26ClF6N7/c1-14-24-25(27(41-14)17-9-15(34)5-6-20(17)32)21(12-23-28(24)45(30(2,3)4)29(39)44(23)8-7-33)42-22-13-40-43-26-18(22)10-16(35)11-19(26)31(36,37)38/h5-6,9-13,27,39,41H,1,7-8H2,2-4H3,(H,42,43). The van der Waals surface area contributed by atoms with Gasteiger partial charge in [0.25, 0.3) is 0 Å². The van der Waals surface area contributed by atoms with Crippen molar-refractivity contribution in [3.05, 3.63) is 93.7 Å². The van der Waals surface area contributed by atoms with Gasteiger partial charge in [-0.3, -0.25) is 5.41 Å². The average molecular weight is 646 g/mol. The van der Waals surface area contributed by atoms with Crippen LogP contribution in [0.1, 0.15) is 49.1 Å². The maximum Gasteiger partial charge on any atom is 0.418 e. The number of aromatic nitrogens is 4. The second kappa shape index (κ2) is 10.5. The lowest BCUT2D eigenvalue weighted by atomic mass is 9.94. The molecule has 1 aliphatic rings. The fourth-order valence-electron chi connectivity index (χ4n) is 5.99. The van der Waals surface area contributed by atoms with Crippen molar-refractivity contribution in [3.63, 3.8) is 0 Å². The van der Waals surface area contributed by atoms with Crippen molar-refractivity contribution >= 4 is 50.6 Å². The number of aryl methyl sites for hydroxylation is 1. The van der Waals surface area contributed by atoms with Crippen LogP contribution in [0.5, 0.6) is 0 Å². The quantitative estimate of drug-likeness (QED) is 0.170. The summed E-state index contributed by atoms with van der Waals surface area (Å²) in [6.45, 7) is 8.92. The van der Waals surface area contributed by atoms with Crippen LogP contribution in [0, 0.1) is 17.0 Å². The maximum atomic E-state index is 14.6. The molecule has 45 heavy (non-hydrogen) atoms. The molecule has 1 aliphatic heterocycles. The van der Waals surface area contributed by atoms with Crippen molar-refractivity contribution < 1.29 is 26.3 Å². The van der Waals surface area contributed by atoms with Crippen molar-refractivity contribution in [2.24, 2.45) is 0 Å². The highest BCUT2D eigenvalue weighted by atomic mass is 35.5. The van der Waals surface area contributed by atoms with Gasteiger partial charge in [-0.2, -0.15) is 18.3 Å². The van der Waals surface area contributed by atoms with E-state index in [1.165, 1.54) is 22.8 Å². The van der Waals surface area contributed by atoms with Gasteiger partial charge in [-0.25, -0.2) is 13.2 Å². The Kier molecular flexibility index (Phi) is 7.14. The van der Waals surface area contributed by atoms with E-state index in [-0.39, 0.29) is 33.9 Å². The number of imidazole rings is 1. The molecule has 3 heterocycles. The van der Waals surface area contributed by atoms with E-state index in [0.717, 1.165) is 12.3 Å². The molecule has 3 aromatic carbocycles. The van der Waals surface area contributed by atoms with Crippen LogP contribution < -0.4 is 16.3 Å². The van der Waals surface area contributed by atoms with Crippen LogP contribution >= 0.6 is 11.6 Å². The third kappa shape index (κ3) is 4.98. The lowest BCUT2D eigenvalue weighted by molar-refractivity contribution is -0.136. The fourth-order valence-corrected chi connectivity index (χ4v) is 6.22. The van der Waals surface area contributed by atoms with Crippen LogP contribution in [0.2, 0.25) is 5.02 Å². The summed E-state index contributed by atoms with van der Waals surface area (Å²) >= 11 is 6.55. The summed E-state index contributed by atoms with van der Waals surface area (Å²) in [5.74, 6) is -1.69. The second-order valence-corrected chi connectivity index (χ2v) is 12.1. The van der Waals surface area contributed by atoms with Crippen LogP contribution in [0.4, 0.5) is 37.7 Å². The van der Waals surface area contributed by atoms with Gasteiger partial charge < -0.3 is 19.8 Å². The number of benzene rings is 3. The summed E-state index contributed by atoms with van der Waals surface area (Å²) < 4.78 is 87.7. The Morgan fingerprint density at radius 3 is 2.47 bits per heavy atom. The van der Waals surface area contributed by atoms with Crippen molar-refractivity contribution in [3.8, 4) is 0 Å². The predicted molar refractivity (Wildman–Crippen MR) is 160 cm³/mol. The third-order valence-electron chi connectivity index (χ3n) is 7.74. The summed E-state index contributed by atoms with van der Waals surface area (Å²) in [6, 6.07) is 5.95. The van der Waals surface area contributed by atoms with E-state index in [0.29, 0.717) is 39.5 Å². The van der Waals surface area contributed by atoms with Crippen molar-refractivity contribution in [1.29, 1.82) is 5.41 Å². The molecule has 234 valence electrons. The van der Waals surface area contributed by atoms with Gasteiger partial charge in [-0.05, 0) is 57.2 Å².